The highest BCUT2D eigenvalue weighted by Crippen LogP contribution is 2.27. The van der Waals surface area contributed by atoms with E-state index in [4.69, 9.17) is 0 Å². The molecule has 2 aromatic rings. The Bertz CT molecular complexity index is 641. The summed E-state index contributed by atoms with van der Waals surface area (Å²) in [4.78, 5) is 15.9. The maximum absolute atomic E-state index is 12.5. The molecule has 1 aromatic heterocycles. The van der Waals surface area contributed by atoms with E-state index in [0.717, 1.165) is 31.9 Å². The summed E-state index contributed by atoms with van der Waals surface area (Å²) in [5, 5.41) is 11.9. The number of benzene rings is 1. The summed E-state index contributed by atoms with van der Waals surface area (Å²) in [5.41, 5.74) is 1.28. The maximum atomic E-state index is 12.5. The minimum Gasteiger partial charge on any atom is -0.337 e. The number of fused-ring (bicyclic) bond motifs is 1. The number of hydrogen-bond donors (Lipinski definition) is 1. The molecule has 3 heterocycles. The van der Waals surface area contributed by atoms with E-state index >= 15 is 0 Å². The number of para-hydroxylation sites is 1. The van der Waals surface area contributed by atoms with Gasteiger partial charge in [0.1, 0.15) is 0 Å². The van der Waals surface area contributed by atoms with E-state index in [1.54, 1.807) is 6.20 Å². The minimum absolute atomic E-state index is 0.00780. The average molecular weight is 283 g/mol. The molecule has 0 spiro atoms. The zero-order chi connectivity index (χ0) is 14.2. The Balaban J connectivity index is 1.52. The Labute approximate surface area is 122 Å². The molecular weight excluding hydrogens is 266 g/mol. The van der Waals surface area contributed by atoms with E-state index in [2.05, 4.69) is 15.5 Å². The average Bonchev–Trinajstić information content (AvgIpc) is 3.22. The molecule has 2 atom stereocenters. The van der Waals surface area contributed by atoms with Gasteiger partial charge in [-0.2, -0.15) is 9.90 Å². The Hall–Kier alpha value is -2.21. The number of hydrogen-bond acceptors (Lipinski definition) is 4. The standard InChI is InChI=1S/C15H17N5O/c21-15(19-9-11-6-16-7-12(11)10-19)14-8-17-20(18-14)13-4-2-1-3-5-13/h1-5,8,11-12,16H,6-7,9-10H2/t11-,12+. The smallest absolute Gasteiger partial charge is 0.276 e. The highest BCUT2D eigenvalue weighted by atomic mass is 16.2. The van der Waals surface area contributed by atoms with Crippen molar-refractivity contribution >= 4 is 5.91 Å². The van der Waals surface area contributed by atoms with Crippen molar-refractivity contribution in [2.45, 2.75) is 0 Å². The number of carbonyl (C=O) groups is 1. The van der Waals surface area contributed by atoms with E-state index in [1.165, 1.54) is 4.80 Å². The van der Waals surface area contributed by atoms with Crippen molar-refractivity contribution in [1.82, 2.24) is 25.2 Å². The van der Waals surface area contributed by atoms with Gasteiger partial charge in [-0.3, -0.25) is 4.79 Å². The second-order valence-electron chi connectivity index (χ2n) is 5.74. The van der Waals surface area contributed by atoms with E-state index in [1.807, 2.05) is 35.2 Å². The predicted molar refractivity (Wildman–Crippen MR) is 77.1 cm³/mol. The molecule has 1 N–H and O–H groups in total. The van der Waals surface area contributed by atoms with Crippen molar-refractivity contribution in [3.8, 4) is 5.69 Å². The normalized spacial score (nSPS) is 24.3. The first kappa shape index (κ1) is 12.5. The Morgan fingerprint density at radius 2 is 1.86 bits per heavy atom. The van der Waals surface area contributed by atoms with E-state index < -0.39 is 0 Å². The lowest BCUT2D eigenvalue weighted by atomic mass is 10.0. The molecule has 0 saturated carbocycles. The first-order valence-electron chi connectivity index (χ1n) is 7.29. The number of carbonyl (C=O) groups excluding carboxylic acids is 1. The van der Waals surface area contributed by atoms with Gasteiger partial charge in [0.05, 0.1) is 11.9 Å². The quantitative estimate of drug-likeness (QED) is 0.874. The van der Waals surface area contributed by atoms with Crippen LogP contribution in [-0.2, 0) is 0 Å². The fraction of sp³-hybridized carbons (Fsp3) is 0.400. The zero-order valence-electron chi connectivity index (χ0n) is 11.6. The second-order valence-corrected chi connectivity index (χ2v) is 5.74. The molecule has 0 aliphatic carbocycles. The van der Waals surface area contributed by atoms with Crippen molar-refractivity contribution in [2.75, 3.05) is 26.2 Å². The van der Waals surface area contributed by atoms with Gasteiger partial charge in [0.25, 0.3) is 5.91 Å². The first-order valence-corrected chi connectivity index (χ1v) is 7.29. The summed E-state index contributed by atoms with van der Waals surface area (Å²) < 4.78 is 0. The lowest BCUT2D eigenvalue weighted by molar-refractivity contribution is 0.0775. The largest absolute Gasteiger partial charge is 0.337 e. The number of nitrogens with zero attached hydrogens (tertiary/aromatic N) is 4. The summed E-state index contributed by atoms with van der Waals surface area (Å²) >= 11 is 0. The molecule has 2 fully saturated rings. The maximum Gasteiger partial charge on any atom is 0.276 e. The van der Waals surface area contributed by atoms with Gasteiger partial charge in [0, 0.05) is 26.2 Å². The van der Waals surface area contributed by atoms with E-state index in [0.29, 0.717) is 17.5 Å². The van der Waals surface area contributed by atoms with Crippen molar-refractivity contribution in [3.63, 3.8) is 0 Å². The predicted octanol–water partition coefficient (Wildman–Crippen LogP) is 0.559. The van der Waals surface area contributed by atoms with E-state index in [-0.39, 0.29) is 5.91 Å². The molecule has 0 unspecified atom stereocenters. The number of rotatable bonds is 2. The molecule has 2 saturated heterocycles. The fourth-order valence-electron chi connectivity index (χ4n) is 3.23. The molecule has 4 rings (SSSR count). The van der Waals surface area contributed by atoms with Crippen molar-refractivity contribution in [1.29, 1.82) is 0 Å². The molecule has 6 heteroatoms. The van der Waals surface area contributed by atoms with Crippen LogP contribution in [0.4, 0.5) is 0 Å². The van der Waals surface area contributed by atoms with Crippen LogP contribution in [0, 0.1) is 11.8 Å². The Morgan fingerprint density at radius 3 is 2.57 bits per heavy atom. The zero-order valence-corrected chi connectivity index (χ0v) is 11.6. The fourth-order valence-corrected chi connectivity index (χ4v) is 3.23. The van der Waals surface area contributed by atoms with Crippen LogP contribution in [0.25, 0.3) is 5.69 Å². The number of aromatic nitrogens is 3. The third-order valence-corrected chi connectivity index (χ3v) is 4.37. The molecular formula is C15H17N5O. The molecule has 108 valence electrons. The van der Waals surface area contributed by atoms with Crippen LogP contribution < -0.4 is 5.32 Å². The second kappa shape index (κ2) is 4.96. The summed E-state index contributed by atoms with van der Waals surface area (Å²) in [6.45, 7) is 3.69. The lowest BCUT2D eigenvalue weighted by Gasteiger charge is -2.15. The van der Waals surface area contributed by atoms with Gasteiger partial charge < -0.3 is 10.2 Å². The van der Waals surface area contributed by atoms with Gasteiger partial charge in [-0.1, -0.05) is 18.2 Å². The van der Waals surface area contributed by atoms with Gasteiger partial charge in [-0.05, 0) is 24.0 Å². The minimum atomic E-state index is -0.00780. The number of amides is 1. The van der Waals surface area contributed by atoms with Crippen LogP contribution in [-0.4, -0.2) is 52.0 Å². The molecule has 0 radical (unpaired) electrons. The van der Waals surface area contributed by atoms with Crippen LogP contribution in [0.15, 0.2) is 36.5 Å². The summed E-state index contributed by atoms with van der Waals surface area (Å²) in [5.74, 6) is 1.18. The van der Waals surface area contributed by atoms with Crippen molar-refractivity contribution in [3.05, 3.63) is 42.2 Å². The highest BCUT2D eigenvalue weighted by Gasteiger charge is 2.38. The molecule has 0 bridgehead atoms. The van der Waals surface area contributed by atoms with Crippen LogP contribution in [0.3, 0.4) is 0 Å². The molecule has 1 aromatic carbocycles. The van der Waals surface area contributed by atoms with Gasteiger partial charge in [-0.15, -0.1) is 5.10 Å². The van der Waals surface area contributed by atoms with Gasteiger partial charge >= 0.3 is 0 Å². The van der Waals surface area contributed by atoms with Crippen LogP contribution in [0.1, 0.15) is 10.5 Å². The SMILES string of the molecule is O=C(c1cnn(-c2ccccc2)n1)N1C[C@H]2CNC[C@H]2C1. The number of likely N-dealkylation sites (tertiary alicyclic amines) is 1. The molecule has 6 nitrogen and oxygen atoms in total. The number of nitrogens with one attached hydrogen (secondary N) is 1. The first-order chi connectivity index (χ1) is 10.3. The summed E-state index contributed by atoms with van der Waals surface area (Å²) in [6, 6.07) is 9.63. The topological polar surface area (TPSA) is 63.1 Å². The van der Waals surface area contributed by atoms with Gasteiger partial charge in [-0.25, -0.2) is 0 Å². The summed E-state index contributed by atoms with van der Waals surface area (Å²) in [6.07, 6.45) is 1.56. The molecule has 21 heavy (non-hydrogen) atoms. The lowest BCUT2D eigenvalue weighted by Crippen LogP contribution is -2.32. The third kappa shape index (κ3) is 2.21. The van der Waals surface area contributed by atoms with E-state index in [9.17, 15) is 4.79 Å². The van der Waals surface area contributed by atoms with Crippen molar-refractivity contribution < 1.29 is 4.79 Å². The van der Waals surface area contributed by atoms with Crippen molar-refractivity contribution in [2.24, 2.45) is 11.8 Å². The van der Waals surface area contributed by atoms with Crippen LogP contribution >= 0.6 is 0 Å². The molecule has 2 aliphatic heterocycles. The molecule has 2 aliphatic rings. The van der Waals surface area contributed by atoms with Gasteiger partial charge in [0.2, 0.25) is 0 Å². The Morgan fingerprint density at radius 1 is 1.14 bits per heavy atom. The van der Waals surface area contributed by atoms with Crippen LogP contribution in [0.2, 0.25) is 0 Å². The molecule has 1 amide bonds. The third-order valence-electron chi connectivity index (χ3n) is 4.37. The summed E-state index contributed by atoms with van der Waals surface area (Å²) in [7, 11) is 0. The Kier molecular flexibility index (Phi) is 2.96. The highest BCUT2D eigenvalue weighted by molar-refractivity contribution is 5.92. The monoisotopic (exact) mass is 283 g/mol. The van der Waals surface area contributed by atoms with Gasteiger partial charge in [0.15, 0.2) is 5.69 Å². The van der Waals surface area contributed by atoms with Crippen LogP contribution in [0.5, 0.6) is 0 Å².